The Morgan fingerprint density at radius 2 is 1.85 bits per heavy atom. The molecular formula is C21H18Cl2O3. The van der Waals surface area contributed by atoms with Gasteiger partial charge in [0.25, 0.3) is 0 Å². The fourth-order valence-electron chi connectivity index (χ4n) is 3.30. The van der Waals surface area contributed by atoms with E-state index in [-0.39, 0.29) is 18.3 Å². The van der Waals surface area contributed by atoms with Crippen molar-refractivity contribution in [1.29, 1.82) is 0 Å². The lowest BCUT2D eigenvalue weighted by Gasteiger charge is -2.29. The maximum atomic E-state index is 12.8. The largest absolute Gasteiger partial charge is 0.465 e. The minimum Gasteiger partial charge on any atom is -0.465 e. The Kier molecular flexibility index (Phi) is 5.80. The molecule has 0 bridgehead atoms. The third-order valence-corrected chi connectivity index (χ3v) is 4.98. The van der Waals surface area contributed by atoms with Crippen LogP contribution in [0, 0.1) is 5.92 Å². The molecule has 0 saturated carbocycles. The average Bonchev–Trinajstić information content (AvgIpc) is 2.61. The molecule has 1 aliphatic carbocycles. The fraction of sp³-hybridized carbons (Fsp3) is 0.238. The number of ether oxygens (including phenoxy) is 1. The van der Waals surface area contributed by atoms with E-state index in [1.54, 1.807) is 37.3 Å². The molecule has 0 radical (unpaired) electrons. The molecule has 0 saturated heterocycles. The van der Waals surface area contributed by atoms with Gasteiger partial charge in [0, 0.05) is 16.0 Å². The van der Waals surface area contributed by atoms with Crippen LogP contribution < -0.4 is 0 Å². The number of carbonyl (C=O) groups excluding carboxylic acids is 2. The summed E-state index contributed by atoms with van der Waals surface area (Å²) in [6.45, 7) is 1.97. The van der Waals surface area contributed by atoms with Crippen LogP contribution in [0.25, 0.3) is 5.57 Å². The minimum atomic E-state index is -0.857. The summed E-state index contributed by atoms with van der Waals surface area (Å²) in [7, 11) is 0. The molecule has 2 atom stereocenters. The molecule has 1 aliphatic rings. The van der Waals surface area contributed by atoms with Crippen LogP contribution in [0.4, 0.5) is 0 Å². The number of allylic oxidation sites excluding steroid dienone is 2. The van der Waals surface area contributed by atoms with E-state index in [0.717, 1.165) is 16.7 Å². The van der Waals surface area contributed by atoms with Crippen LogP contribution >= 0.6 is 23.2 Å². The molecule has 3 rings (SSSR count). The molecule has 2 aromatic carbocycles. The predicted octanol–water partition coefficient (Wildman–Crippen LogP) is 5.31. The first-order chi connectivity index (χ1) is 12.5. The summed E-state index contributed by atoms with van der Waals surface area (Å²) in [6, 6.07) is 14.6. The molecule has 2 unspecified atom stereocenters. The summed E-state index contributed by atoms with van der Waals surface area (Å²) in [5.74, 6) is -1.92. The topological polar surface area (TPSA) is 43.4 Å². The third-order valence-electron chi connectivity index (χ3n) is 4.50. The standard InChI is InChI=1S/C21H18Cl2O3/c1-2-26-21(25)20-18(14-4-3-5-17(23)10-14)11-15(12-19(20)24)13-6-8-16(22)9-7-13/h3-10,12,18,20H,2,11H2,1H3. The van der Waals surface area contributed by atoms with Gasteiger partial charge >= 0.3 is 5.97 Å². The van der Waals surface area contributed by atoms with E-state index in [1.807, 2.05) is 24.3 Å². The van der Waals surface area contributed by atoms with E-state index in [1.165, 1.54) is 0 Å². The molecule has 0 fully saturated rings. The number of esters is 1. The van der Waals surface area contributed by atoms with Gasteiger partial charge in [-0.05, 0) is 60.4 Å². The van der Waals surface area contributed by atoms with Crippen molar-refractivity contribution < 1.29 is 14.3 Å². The van der Waals surface area contributed by atoms with E-state index in [2.05, 4.69) is 0 Å². The minimum absolute atomic E-state index is 0.235. The Balaban J connectivity index is 2.02. The summed E-state index contributed by atoms with van der Waals surface area (Å²) in [4.78, 5) is 25.2. The average molecular weight is 389 g/mol. The number of carbonyl (C=O) groups is 2. The lowest BCUT2D eigenvalue weighted by molar-refractivity contribution is -0.151. The molecule has 0 aromatic heterocycles. The van der Waals surface area contributed by atoms with E-state index in [9.17, 15) is 9.59 Å². The highest BCUT2D eigenvalue weighted by Crippen LogP contribution is 2.41. The lowest BCUT2D eigenvalue weighted by Crippen LogP contribution is -2.34. The molecule has 5 heteroatoms. The van der Waals surface area contributed by atoms with Gasteiger partial charge in [-0.1, -0.05) is 47.5 Å². The normalized spacial score (nSPS) is 19.8. The Morgan fingerprint density at radius 1 is 1.12 bits per heavy atom. The highest BCUT2D eigenvalue weighted by atomic mass is 35.5. The second-order valence-electron chi connectivity index (χ2n) is 6.17. The second kappa shape index (κ2) is 8.07. The number of halogens is 2. The van der Waals surface area contributed by atoms with Crippen molar-refractivity contribution in [2.75, 3.05) is 6.61 Å². The quantitative estimate of drug-likeness (QED) is 0.526. The van der Waals surface area contributed by atoms with Crippen LogP contribution in [0.1, 0.15) is 30.4 Å². The summed E-state index contributed by atoms with van der Waals surface area (Å²) in [6.07, 6.45) is 2.09. The Bertz CT molecular complexity index is 856. The van der Waals surface area contributed by atoms with Crippen LogP contribution in [0.3, 0.4) is 0 Å². The Labute approximate surface area is 162 Å². The van der Waals surface area contributed by atoms with Gasteiger partial charge in [-0.15, -0.1) is 0 Å². The first kappa shape index (κ1) is 18.7. The van der Waals surface area contributed by atoms with Crippen molar-refractivity contribution in [3.8, 4) is 0 Å². The maximum Gasteiger partial charge on any atom is 0.317 e. The van der Waals surface area contributed by atoms with Gasteiger partial charge in [0.05, 0.1) is 6.61 Å². The first-order valence-electron chi connectivity index (χ1n) is 8.42. The van der Waals surface area contributed by atoms with Gasteiger partial charge in [-0.25, -0.2) is 0 Å². The van der Waals surface area contributed by atoms with Gasteiger partial charge < -0.3 is 4.74 Å². The number of ketones is 1. The summed E-state index contributed by atoms with van der Waals surface area (Å²) >= 11 is 12.1. The van der Waals surface area contributed by atoms with Crippen molar-refractivity contribution >= 4 is 40.5 Å². The molecule has 3 nitrogen and oxygen atoms in total. The second-order valence-corrected chi connectivity index (χ2v) is 7.05. The Hall–Kier alpha value is -2.10. The van der Waals surface area contributed by atoms with Gasteiger partial charge in [0.2, 0.25) is 0 Å². The third kappa shape index (κ3) is 4.00. The molecule has 0 N–H and O–H groups in total. The molecule has 0 heterocycles. The van der Waals surface area contributed by atoms with Gasteiger partial charge in [-0.2, -0.15) is 0 Å². The van der Waals surface area contributed by atoms with Crippen LogP contribution in [-0.4, -0.2) is 18.4 Å². The smallest absolute Gasteiger partial charge is 0.317 e. The SMILES string of the molecule is CCOC(=O)C1C(=O)C=C(c2ccc(Cl)cc2)CC1c1cccc(Cl)c1. The first-order valence-corrected chi connectivity index (χ1v) is 9.17. The van der Waals surface area contributed by atoms with Crippen molar-refractivity contribution in [2.24, 2.45) is 5.92 Å². The zero-order valence-electron chi connectivity index (χ0n) is 14.2. The summed E-state index contributed by atoms with van der Waals surface area (Å²) < 4.78 is 5.15. The molecule has 134 valence electrons. The fourth-order valence-corrected chi connectivity index (χ4v) is 3.62. The van der Waals surface area contributed by atoms with Crippen molar-refractivity contribution in [2.45, 2.75) is 19.3 Å². The van der Waals surface area contributed by atoms with Crippen LogP contribution in [0.15, 0.2) is 54.6 Å². The van der Waals surface area contributed by atoms with E-state index in [4.69, 9.17) is 27.9 Å². The highest BCUT2D eigenvalue weighted by Gasteiger charge is 2.39. The zero-order valence-corrected chi connectivity index (χ0v) is 15.8. The zero-order chi connectivity index (χ0) is 18.7. The molecule has 26 heavy (non-hydrogen) atoms. The molecule has 2 aromatic rings. The number of rotatable bonds is 4. The maximum absolute atomic E-state index is 12.8. The van der Waals surface area contributed by atoms with E-state index in [0.29, 0.717) is 16.5 Å². The highest BCUT2D eigenvalue weighted by molar-refractivity contribution is 6.31. The van der Waals surface area contributed by atoms with Gasteiger partial charge in [-0.3, -0.25) is 9.59 Å². The van der Waals surface area contributed by atoms with Gasteiger partial charge in [0.15, 0.2) is 5.78 Å². The van der Waals surface area contributed by atoms with Crippen LogP contribution in [0.2, 0.25) is 10.0 Å². The van der Waals surface area contributed by atoms with Gasteiger partial charge in [0.1, 0.15) is 5.92 Å². The van der Waals surface area contributed by atoms with E-state index < -0.39 is 11.9 Å². The molecule has 0 spiro atoms. The van der Waals surface area contributed by atoms with Crippen molar-refractivity contribution in [1.82, 2.24) is 0 Å². The lowest BCUT2D eigenvalue weighted by atomic mass is 9.73. The number of benzene rings is 2. The summed E-state index contributed by atoms with van der Waals surface area (Å²) in [5.41, 5.74) is 2.64. The van der Waals surface area contributed by atoms with Crippen molar-refractivity contribution in [3.63, 3.8) is 0 Å². The molecule has 0 amide bonds. The van der Waals surface area contributed by atoms with Crippen molar-refractivity contribution in [3.05, 3.63) is 75.8 Å². The van der Waals surface area contributed by atoms with E-state index >= 15 is 0 Å². The van der Waals surface area contributed by atoms with Crippen LogP contribution in [0.5, 0.6) is 0 Å². The molecule has 0 aliphatic heterocycles. The monoisotopic (exact) mass is 388 g/mol. The Morgan fingerprint density at radius 3 is 2.50 bits per heavy atom. The molecular weight excluding hydrogens is 371 g/mol. The number of hydrogen-bond acceptors (Lipinski definition) is 3. The van der Waals surface area contributed by atoms with Crippen LogP contribution in [-0.2, 0) is 14.3 Å². The number of hydrogen-bond donors (Lipinski definition) is 0. The summed E-state index contributed by atoms with van der Waals surface area (Å²) in [5, 5.41) is 1.20. The predicted molar refractivity (Wildman–Crippen MR) is 103 cm³/mol.